The summed E-state index contributed by atoms with van der Waals surface area (Å²) in [4.78, 5) is 3.96. The predicted octanol–water partition coefficient (Wildman–Crippen LogP) is 3.32. The lowest BCUT2D eigenvalue weighted by Crippen LogP contribution is -2.28. The molecule has 2 nitrogen and oxygen atoms in total. The van der Waals surface area contributed by atoms with Crippen LogP contribution in [0.25, 0.3) is 0 Å². The van der Waals surface area contributed by atoms with Gasteiger partial charge in [0.1, 0.15) is 29.8 Å². The van der Waals surface area contributed by atoms with Crippen molar-refractivity contribution in [2.45, 2.75) is 26.9 Å². The summed E-state index contributed by atoms with van der Waals surface area (Å²) < 4.78 is 32.5. The first-order valence-corrected chi connectivity index (χ1v) is 5.42. The highest BCUT2D eigenvalue weighted by molar-refractivity contribution is 5.96. The van der Waals surface area contributed by atoms with Crippen molar-refractivity contribution in [3.63, 3.8) is 0 Å². The van der Waals surface area contributed by atoms with Gasteiger partial charge in [0.2, 0.25) is 5.90 Å². The monoisotopic (exact) mass is 238 g/mol. The standard InChI is InChI=1S/C13H14F2NO/c1-13(2,3)10-7-16-12(17-10)11-8(14)5-4-6-9(11)15/h4-7,10H,1-3H3. The highest BCUT2D eigenvalue weighted by Gasteiger charge is 2.34. The average Bonchev–Trinajstić information content (AvgIpc) is 2.65. The van der Waals surface area contributed by atoms with Crippen LogP contribution in [0, 0.1) is 23.6 Å². The Morgan fingerprint density at radius 1 is 1.18 bits per heavy atom. The van der Waals surface area contributed by atoms with Crippen LogP contribution in [-0.4, -0.2) is 12.0 Å². The molecule has 1 aliphatic rings. The molecule has 0 bridgehead atoms. The minimum atomic E-state index is -0.660. The summed E-state index contributed by atoms with van der Waals surface area (Å²) in [5, 5.41) is 0. The van der Waals surface area contributed by atoms with Crippen molar-refractivity contribution >= 4 is 5.90 Å². The smallest absolute Gasteiger partial charge is 0.222 e. The van der Waals surface area contributed by atoms with Crippen LogP contribution in [0.1, 0.15) is 26.3 Å². The van der Waals surface area contributed by atoms with Gasteiger partial charge in [-0.15, -0.1) is 0 Å². The van der Waals surface area contributed by atoms with E-state index >= 15 is 0 Å². The van der Waals surface area contributed by atoms with Crippen molar-refractivity contribution < 1.29 is 13.5 Å². The van der Waals surface area contributed by atoms with E-state index in [0.29, 0.717) is 0 Å². The molecule has 0 aliphatic carbocycles. The van der Waals surface area contributed by atoms with Gasteiger partial charge < -0.3 is 4.74 Å². The Bertz CT molecular complexity index is 443. The topological polar surface area (TPSA) is 21.6 Å². The zero-order valence-electron chi connectivity index (χ0n) is 10.00. The number of hydrogen-bond donors (Lipinski definition) is 0. The fourth-order valence-electron chi connectivity index (χ4n) is 1.54. The Balaban J connectivity index is 2.27. The van der Waals surface area contributed by atoms with Crippen LogP contribution in [0.15, 0.2) is 23.2 Å². The van der Waals surface area contributed by atoms with Gasteiger partial charge in [-0.25, -0.2) is 13.8 Å². The minimum absolute atomic E-state index is 0.0144. The molecule has 1 heterocycles. The summed E-state index contributed by atoms with van der Waals surface area (Å²) in [7, 11) is 0. The molecule has 17 heavy (non-hydrogen) atoms. The van der Waals surface area contributed by atoms with Gasteiger partial charge in [0.15, 0.2) is 0 Å². The van der Waals surface area contributed by atoms with E-state index in [9.17, 15) is 8.78 Å². The average molecular weight is 238 g/mol. The molecule has 1 radical (unpaired) electrons. The molecule has 2 rings (SSSR count). The Kier molecular flexibility index (Phi) is 2.89. The summed E-state index contributed by atoms with van der Waals surface area (Å²) in [5.41, 5.74) is -0.358. The first-order chi connectivity index (χ1) is 7.89. The first-order valence-electron chi connectivity index (χ1n) is 5.42. The van der Waals surface area contributed by atoms with Crippen molar-refractivity contribution in [2.24, 2.45) is 10.4 Å². The highest BCUT2D eigenvalue weighted by atomic mass is 19.1. The largest absolute Gasteiger partial charge is 0.471 e. The van der Waals surface area contributed by atoms with E-state index in [2.05, 4.69) is 4.99 Å². The van der Waals surface area contributed by atoms with Crippen LogP contribution >= 0.6 is 0 Å². The molecule has 0 saturated carbocycles. The molecule has 4 heteroatoms. The van der Waals surface area contributed by atoms with E-state index in [1.807, 2.05) is 20.8 Å². The molecule has 1 atom stereocenters. The lowest BCUT2D eigenvalue weighted by molar-refractivity contribution is 0.119. The number of nitrogens with zero attached hydrogens (tertiary/aromatic N) is 1. The molecule has 1 aliphatic heterocycles. The number of halogens is 2. The van der Waals surface area contributed by atoms with E-state index in [-0.39, 0.29) is 23.0 Å². The lowest BCUT2D eigenvalue weighted by Gasteiger charge is -2.25. The number of benzene rings is 1. The van der Waals surface area contributed by atoms with Crippen molar-refractivity contribution in [3.8, 4) is 0 Å². The minimum Gasteiger partial charge on any atom is -0.471 e. The van der Waals surface area contributed by atoms with Crippen LogP contribution in [0.2, 0.25) is 0 Å². The summed E-state index contributed by atoms with van der Waals surface area (Å²) >= 11 is 0. The summed E-state index contributed by atoms with van der Waals surface area (Å²) in [5.74, 6) is -1.31. The molecule has 91 valence electrons. The van der Waals surface area contributed by atoms with Crippen molar-refractivity contribution in [3.05, 3.63) is 41.9 Å². The van der Waals surface area contributed by atoms with Gasteiger partial charge in [-0.1, -0.05) is 26.8 Å². The van der Waals surface area contributed by atoms with E-state index < -0.39 is 11.6 Å². The summed E-state index contributed by atoms with van der Waals surface area (Å²) in [6, 6.07) is 3.69. The second kappa shape index (κ2) is 4.09. The third-order valence-electron chi connectivity index (χ3n) is 2.60. The SMILES string of the molecule is CC(C)(C)C1[CH]N=C(c2c(F)cccc2F)O1. The zero-order valence-corrected chi connectivity index (χ0v) is 10.00. The number of hydrogen-bond acceptors (Lipinski definition) is 2. The van der Waals surface area contributed by atoms with Crippen LogP contribution in [0.3, 0.4) is 0 Å². The van der Waals surface area contributed by atoms with Crippen molar-refractivity contribution in [1.29, 1.82) is 0 Å². The Hall–Kier alpha value is -1.45. The van der Waals surface area contributed by atoms with E-state index in [0.717, 1.165) is 0 Å². The number of aliphatic imine (C=N–C) groups is 1. The van der Waals surface area contributed by atoms with Crippen molar-refractivity contribution in [2.75, 3.05) is 0 Å². The fraction of sp³-hybridized carbons (Fsp3) is 0.385. The summed E-state index contributed by atoms with van der Waals surface area (Å²) in [6.45, 7) is 7.51. The van der Waals surface area contributed by atoms with Gasteiger partial charge in [0, 0.05) is 5.41 Å². The Morgan fingerprint density at radius 3 is 2.24 bits per heavy atom. The predicted molar refractivity (Wildman–Crippen MR) is 61.5 cm³/mol. The van der Waals surface area contributed by atoms with Gasteiger partial charge in [-0.2, -0.15) is 0 Å². The van der Waals surface area contributed by atoms with E-state index in [1.165, 1.54) is 18.2 Å². The molecule has 0 fully saturated rings. The Morgan fingerprint density at radius 2 is 1.76 bits per heavy atom. The second-order valence-corrected chi connectivity index (χ2v) is 5.08. The van der Waals surface area contributed by atoms with E-state index in [1.54, 1.807) is 6.54 Å². The first kappa shape index (κ1) is 12.0. The highest BCUT2D eigenvalue weighted by Crippen LogP contribution is 2.30. The third-order valence-corrected chi connectivity index (χ3v) is 2.60. The van der Waals surface area contributed by atoms with Crippen LogP contribution in [-0.2, 0) is 4.74 Å². The van der Waals surface area contributed by atoms with Crippen LogP contribution < -0.4 is 0 Å². The molecular formula is C13H14F2NO. The zero-order chi connectivity index (χ0) is 12.6. The van der Waals surface area contributed by atoms with Gasteiger partial charge in [-0.05, 0) is 12.1 Å². The molecule has 1 unspecified atom stereocenters. The molecule has 1 aromatic carbocycles. The molecule has 0 amide bonds. The maximum Gasteiger partial charge on any atom is 0.222 e. The molecular weight excluding hydrogens is 224 g/mol. The van der Waals surface area contributed by atoms with Crippen LogP contribution in [0.4, 0.5) is 8.78 Å². The summed E-state index contributed by atoms with van der Waals surface area (Å²) in [6.07, 6.45) is -0.267. The van der Waals surface area contributed by atoms with Gasteiger partial charge in [0.25, 0.3) is 0 Å². The molecule has 0 saturated heterocycles. The second-order valence-electron chi connectivity index (χ2n) is 5.08. The van der Waals surface area contributed by atoms with Crippen molar-refractivity contribution in [1.82, 2.24) is 0 Å². The molecule has 0 N–H and O–H groups in total. The van der Waals surface area contributed by atoms with E-state index in [4.69, 9.17) is 4.74 Å². The maximum atomic E-state index is 13.5. The quantitative estimate of drug-likeness (QED) is 0.735. The molecule has 1 aromatic rings. The van der Waals surface area contributed by atoms with Gasteiger partial charge in [-0.3, -0.25) is 0 Å². The maximum absolute atomic E-state index is 13.5. The lowest BCUT2D eigenvalue weighted by atomic mass is 9.89. The van der Waals surface area contributed by atoms with Crippen LogP contribution in [0.5, 0.6) is 0 Å². The molecule has 0 aromatic heterocycles. The van der Waals surface area contributed by atoms with Gasteiger partial charge >= 0.3 is 0 Å². The normalized spacial score (nSPS) is 20.1. The number of ether oxygens (including phenoxy) is 1. The number of rotatable bonds is 1. The fourth-order valence-corrected chi connectivity index (χ4v) is 1.54. The third kappa shape index (κ3) is 2.30. The molecule has 0 spiro atoms. The Labute approximate surface area is 99.3 Å². The van der Waals surface area contributed by atoms with Gasteiger partial charge in [0.05, 0.1) is 0 Å².